The number of aryl methyl sites for hydroxylation is 2. The van der Waals surface area contributed by atoms with E-state index in [9.17, 15) is 22.0 Å². The van der Waals surface area contributed by atoms with Crippen molar-refractivity contribution in [1.82, 2.24) is 9.88 Å². The van der Waals surface area contributed by atoms with Gasteiger partial charge in [0.05, 0.1) is 12.5 Å². The molecule has 1 aromatic heterocycles. The van der Waals surface area contributed by atoms with E-state index in [2.05, 4.69) is 54.5 Å². The summed E-state index contributed by atoms with van der Waals surface area (Å²) in [4.78, 5) is 19.0. The fourth-order valence-corrected chi connectivity index (χ4v) is 4.76. The lowest BCUT2D eigenvalue weighted by molar-refractivity contribution is 0.0747. The van der Waals surface area contributed by atoms with Gasteiger partial charge in [-0.3, -0.25) is 9.52 Å². The third-order valence-corrected chi connectivity index (χ3v) is 6.28. The summed E-state index contributed by atoms with van der Waals surface area (Å²) in [7, 11) is -3.42. The summed E-state index contributed by atoms with van der Waals surface area (Å²) in [6.07, 6.45) is 20.1. The molecule has 0 radical (unpaired) electrons. The molecule has 0 saturated carbocycles. The number of carbonyl (C=O) groups is 1. The van der Waals surface area contributed by atoms with E-state index in [-0.39, 0.29) is 11.0 Å². The molecule has 0 atom stereocenters. The number of rotatable bonds is 9. The summed E-state index contributed by atoms with van der Waals surface area (Å²) < 4.78 is 49.3. The molecule has 1 heterocycles. The maximum Gasteiger partial charge on any atom is 0.265 e. The van der Waals surface area contributed by atoms with Crippen molar-refractivity contribution in [3.8, 4) is 25.7 Å². The second-order valence-corrected chi connectivity index (χ2v) is 10.7. The van der Waals surface area contributed by atoms with E-state index in [1.54, 1.807) is 11.8 Å². The number of halogens is 2. The molecule has 0 aliphatic carbocycles. The third-order valence-electron chi connectivity index (χ3n) is 4.69. The first-order valence-electron chi connectivity index (χ1n) is 12.6. The number of carbonyl (C=O) groups excluding carboxylic acids is 1. The van der Waals surface area contributed by atoms with E-state index in [0.29, 0.717) is 36.5 Å². The minimum atomic E-state index is -3.42. The van der Waals surface area contributed by atoms with Crippen LogP contribution in [0.15, 0.2) is 48.7 Å². The number of nitrogens with zero attached hydrogens (tertiary/aromatic N) is 2. The van der Waals surface area contributed by atoms with Crippen LogP contribution in [0, 0.1) is 44.3 Å². The molecule has 2 aromatic carbocycles. The van der Waals surface area contributed by atoms with Crippen molar-refractivity contribution in [2.24, 2.45) is 5.73 Å². The van der Waals surface area contributed by atoms with Crippen LogP contribution in [-0.4, -0.2) is 43.6 Å². The van der Waals surface area contributed by atoms with E-state index >= 15 is 0 Å². The number of hydrogen-bond donors (Lipinski definition) is 2. The highest BCUT2D eigenvalue weighted by Crippen LogP contribution is 2.22. The minimum Gasteiger partial charge on any atom is -0.334 e. The second-order valence-electron chi connectivity index (χ2n) is 7.89. The molecule has 11 heteroatoms. The SMILES string of the molecule is C#C.C#C.CC.CCc1cccc(CN(CCCN)C(=O)c2cnc(NS(C)(=O)=O)s2)c1.Cc1cc(F)cc(F)c1. The number of nitrogens with one attached hydrogen (secondary N) is 1. The van der Waals surface area contributed by atoms with Gasteiger partial charge >= 0.3 is 0 Å². The lowest BCUT2D eigenvalue weighted by Gasteiger charge is -2.22. The number of amides is 1. The van der Waals surface area contributed by atoms with Crippen LogP contribution in [0.5, 0.6) is 0 Å². The Labute approximate surface area is 248 Å². The molecule has 224 valence electrons. The number of benzene rings is 2. The number of thiazole rings is 1. The van der Waals surface area contributed by atoms with Gasteiger partial charge < -0.3 is 10.6 Å². The van der Waals surface area contributed by atoms with Gasteiger partial charge in [0, 0.05) is 19.2 Å². The Morgan fingerprint density at radius 3 is 2.10 bits per heavy atom. The van der Waals surface area contributed by atoms with Crippen LogP contribution in [0.3, 0.4) is 0 Å². The van der Waals surface area contributed by atoms with E-state index in [0.717, 1.165) is 35.6 Å². The molecule has 41 heavy (non-hydrogen) atoms. The fraction of sp³-hybridized carbons (Fsp3) is 0.333. The molecular formula is C30H40F2N4O3S2. The highest BCUT2D eigenvalue weighted by atomic mass is 32.2. The first-order valence-corrected chi connectivity index (χ1v) is 15.3. The highest BCUT2D eigenvalue weighted by Gasteiger charge is 2.19. The van der Waals surface area contributed by atoms with Gasteiger partial charge in [-0.2, -0.15) is 0 Å². The number of aromatic nitrogens is 1. The third kappa shape index (κ3) is 16.8. The normalized spacial score (nSPS) is 9.56. The van der Waals surface area contributed by atoms with Gasteiger partial charge in [0.25, 0.3) is 5.91 Å². The fourth-order valence-electron chi connectivity index (χ4n) is 3.13. The van der Waals surface area contributed by atoms with Crippen LogP contribution in [-0.2, 0) is 23.0 Å². The van der Waals surface area contributed by atoms with Crippen molar-refractivity contribution in [2.75, 3.05) is 24.1 Å². The zero-order valence-corrected chi connectivity index (χ0v) is 25.9. The maximum atomic E-state index is 12.9. The van der Waals surface area contributed by atoms with Crippen LogP contribution in [0.1, 0.15) is 53.6 Å². The molecule has 7 nitrogen and oxygen atoms in total. The van der Waals surface area contributed by atoms with Gasteiger partial charge in [-0.15, -0.1) is 25.7 Å². The average Bonchev–Trinajstić information content (AvgIpc) is 3.40. The van der Waals surface area contributed by atoms with E-state index in [1.807, 2.05) is 26.0 Å². The predicted molar refractivity (Wildman–Crippen MR) is 167 cm³/mol. The van der Waals surface area contributed by atoms with E-state index in [4.69, 9.17) is 5.73 Å². The van der Waals surface area contributed by atoms with Gasteiger partial charge in [-0.1, -0.05) is 56.4 Å². The smallest absolute Gasteiger partial charge is 0.265 e. The zero-order valence-electron chi connectivity index (χ0n) is 24.2. The second kappa shape index (κ2) is 22.0. The van der Waals surface area contributed by atoms with E-state index < -0.39 is 21.7 Å². The van der Waals surface area contributed by atoms with Gasteiger partial charge in [0.1, 0.15) is 16.5 Å². The molecule has 3 rings (SSSR count). The van der Waals surface area contributed by atoms with Crippen molar-refractivity contribution in [1.29, 1.82) is 0 Å². The highest BCUT2D eigenvalue weighted by molar-refractivity contribution is 7.92. The van der Waals surface area contributed by atoms with Crippen LogP contribution < -0.4 is 10.5 Å². The van der Waals surface area contributed by atoms with Crippen LogP contribution in [0.4, 0.5) is 13.9 Å². The number of terminal acetylenes is 2. The molecule has 3 N–H and O–H groups in total. The van der Waals surface area contributed by atoms with Crippen molar-refractivity contribution in [2.45, 2.75) is 47.1 Å². The van der Waals surface area contributed by atoms with Gasteiger partial charge in [-0.25, -0.2) is 22.2 Å². The topological polar surface area (TPSA) is 105 Å². The van der Waals surface area contributed by atoms with Gasteiger partial charge in [0.2, 0.25) is 10.0 Å². The lowest BCUT2D eigenvalue weighted by Crippen LogP contribution is -2.32. The molecular weight excluding hydrogens is 566 g/mol. The van der Waals surface area contributed by atoms with Crippen LogP contribution >= 0.6 is 11.3 Å². The average molecular weight is 607 g/mol. The van der Waals surface area contributed by atoms with Crippen molar-refractivity contribution in [3.63, 3.8) is 0 Å². The predicted octanol–water partition coefficient (Wildman–Crippen LogP) is 5.87. The first kappa shape index (κ1) is 39.4. The Hall–Kier alpha value is -3.77. The molecule has 0 bridgehead atoms. The Morgan fingerprint density at radius 1 is 1.05 bits per heavy atom. The standard InChI is InChI=1S/C17H24N4O3S2.C7H6F2.C2H6.2C2H2/c1-3-13-6-4-7-14(10-13)12-21(9-5-8-18)16(22)15-11-19-17(25-15)20-26(2,23)24;1-5-2-6(8)4-7(9)3-5;3*1-2/h4,6-7,10-11H,3,5,8-9,12,18H2,1-2H3,(H,19,20);2-4H,1H3;1-2H3;2*1-2H. The Morgan fingerprint density at radius 2 is 1.61 bits per heavy atom. The van der Waals surface area contributed by atoms with Crippen molar-refractivity contribution >= 4 is 32.4 Å². The molecule has 0 fully saturated rings. The first-order chi connectivity index (χ1) is 19.5. The molecule has 0 unspecified atom stereocenters. The number of sulfonamides is 1. The Balaban J connectivity index is 0. The Bertz CT molecular complexity index is 1270. The number of anilines is 1. The summed E-state index contributed by atoms with van der Waals surface area (Å²) in [5.41, 5.74) is 8.47. The monoisotopic (exact) mass is 606 g/mol. The quantitative estimate of drug-likeness (QED) is 0.297. The summed E-state index contributed by atoms with van der Waals surface area (Å²) in [6, 6.07) is 11.5. The van der Waals surface area contributed by atoms with Gasteiger partial charge in [-0.05, 0) is 55.1 Å². The molecule has 0 saturated heterocycles. The molecule has 0 aliphatic heterocycles. The number of nitrogens with two attached hydrogens (primary N) is 1. The number of hydrogen-bond acceptors (Lipinski definition) is 6. The largest absolute Gasteiger partial charge is 0.334 e. The summed E-state index contributed by atoms with van der Waals surface area (Å²) in [6.45, 7) is 9.22. The molecule has 3 aromatic rings. The molecule has 1 amide bonds. The summed E-state index contributed by atoms with van der Waals surface area (Å²) in [5, 5.41) is 0.183. The summed E-state index contributed by atoms with van der Waals surface area (Å²) in [5.74, 6) is -1.22. The van der Waals surface area contributed by atoms with Crippen molar-refractivity contribution < 1.29 is 22.0 Å². The molecule has 0 spiro atoms. The lowest BCUT2D eigenvalue weighted by atomic mass is 10.1. The Kier molecular flexibility index (Phi) is 21.1. The minimum absolute atomic E-state index is 0.181. The van der Waals surface area contributed by atoms with Gasteiger partial charge in [0.15, 0.2) is 5.13 Å². The van der Waals surface area contributed by atoms with Crippen molar-refractivity contribution in [3.05, 3.63) is 81.9 Å². The summed E-state index contributed by atoms with van der Waals surface area (Å²) >= 11 is 1.02. The van der Waals surface area contributed by atoms with Crippen LogP contribution in [0.25, 0.3) is 0 Å². The van der Waals surface area contributed by atoms with Crippen LogP contribution in [0.2, 0.25) is 0 Å². The molecule has 0 aliphatic rings. The maximum absolute atomic E-state index is 12.9. The zero-order chi connectivity index (χ0) is 32.0. The van der Waals surface area contributed by atoms with E-state index in [1.165, 1.54) is 23.9 Å².